The highest BCUT2D eigenvalue weighted by molar-refractivity contribution is 7.93. The van der Waals surface area contributed by atoms with Gasteiger partial charge in [0.05, 0.1) is 15.3 Å². The Kier molecular flexibility index (Phi) is 3.50. The molecule has 1 N–H and O–H groups in total. The first-order valence-electron chi connectivity index (χ1n) is 5.09. The molecule has 7 heteroatoms. The molecule has 0 spiro atoms. The molecule has 1 aromatic heterocycles. The largest absolute Gasteiger partial charge is 0.478 e. The average Bonchev–Trinajstić information content (AvgIpc) is 2.88. The Hall–Kier alpha value is -1.99. The fourth-order valence-electron chi connectivity index (χ4n) is 1.53. The molecule has 19 heavy (non-hydrogen) atoms. The zero-order chi connectivity index (χ0) is 14.0. The molecule has 1 heterocycles. The topological polar surface area (TPSA) is 88.5 Å². The molecule has 98 valence electrons. The normalized spacial score (nSPS) is 11.2. The first kappa shape index (κ1) is 13.4. The summed E-state index contributed by atoms with van der Waals surface area (Å²) in [5.74, 6) is -1.31. The molecule has 0 saturated heterocycles. The van der Waals surface area contributed by atoms with Gasteiger partial charge in [0.1, 0.15) is 4.21 Å². The summed E-state index contributed by atoms with van der Waals surface area (Å²) in [4.78, 5) is 21.6. The van der Waals surface area contributed by atoms with E-state index in [-0.39, 0.29) is 19.5 Å². The van der Waals surface area contributed by atoms with Crippen molar-refractivity contribution in [2.24, 2.45) is 0 Å². The lowest BCUT2D eigenvalue weighted by Gasteiger charge is -2.05. The standard InChI is InChI=1S/C12H8O5S2/c13-7-8-5-6-11(18-8)19(16,17)10-4-2-1-3-9(10)12(14)15/h1-7H,(H,14,15). The summed E-state index contributed by atoms with van der Waals surface area (Å²) in [6.45, 7) is 0. The zero-order valence-corrected chi connectivity index (χ0v) is 11.1. The van der Waals surface area contributed by atoms with Gasteiger partial charge < -0.3 is 5.11 Å². The summed E-state index contributed by atoms with van der Waals surface area (Å²) in [5.41, 5.74) is -0.288. The smallest absolute Gasteiger partial charge is 0.337 e. The maximum Gasteiger partial charge on any atom is 0.337 e. The number of rotatable bonds is 4. The van der Waals surface area contributed by atoms with Crippen molar-refractivity contribution < 1.29 is 23.1 Å². The molecule has 0 aliphatic carbocycles. The molecule has 0 aliphatic heterocycles. The molecule has 0 atom stereocenters. The molecule has 1 aromatic carbocycles. The third kappa shape index (κ3) is 2.42. The Labute approximate surface area is 113 Å². The Balaban J connectivity index is 2.63. The number of carboxylic acids is 1. The van der Waals surface area contributed by atoms with Gasteiger partial charge >= 0.3 is 5.97 Å². The molecule has 0 fully saturated rings. The van der Waals surface area contributed by atoms with Crippen molar-refractivity contribution in [3.63, 3.8) is 0 Å². The highest BCUT2D eigenvalue weighted by atomic mass is 32.2. The van der Waals surface area contributed by atoms with Crippen LogP contribution in [0, 0.1) is 0 Å². The van der Waals surface area contributed by atoms with Gasteiger partial charge in [-0.25, -0.2) is 13.2 Å². The Morgan fingerprint density at radius 2 is 1.84 bits per heavy atom. The lowest BCUT2D eigenvalue weighted by molar-refractivity contribution is 0.0692. The monoisotopic (exact) mass is 296 g/mol. The van der Waals surface area contributed by atoms with Crippen molar-refractivity contribution in [3.05, 3.63) is 46.8 Å². The van der Waals surface area contributed by atoms with Crippen LogP contribution in [0.5, 0.6) is 0 Å². The van der Waals surface area contributed by atoms with Crippen LogP contribution in [-0.4, -0.2) is 25.8 Å². The highest BCUT2D eigenvalue weighted by Gasteiger charge is 2.25. The number of benzene rings is 1. The molecular formula is C12H8O5S2. The second-order valence-corrected chi connectivity index (χ2v) is 6.84. The minimum atomic E-state index is -3.93. The van der Waals surface area contributed by atoms with Crippen LogP contribution < -0.4 is 0 Å². The third-order valence-electron chi connectivity index (χ3n) is 2.39. The fraction of sp³-hybridized carbons (Fsp3) is 0. The van der Waals surface area contributed by atoms with Gasteiger partial charge in [-0.1, -0.05) is 12.1 Å². The minimum Gasteiger partial charge on any atom is -0.478 e. The van der Waals surface area contributed by atoms with Gasteiger partial charge in [-0.2, -0.15) is 0 Å². The van der Waals surface area contributed by atoms with E-state index in [1.807, 2.05) is 0 Å². The van der Waals surface area contributed by atoms with E-state index in [2.05, 4.69) is 0 Å². The number of carboxylic acid groups (broad SMARTS) is 1. The van der Waals surface area contributed by atoms with E-state index in [1.165, 1.54) is 36.4 Å². The van der Waals surface area contributed by atoms with Gasteiger partial charge in [-0.3, -0.25) is 4.79 Å². The number of aldehydes is 1. The zero-order valence-electron chi connectivity index (χ0n) is 9.44. The van der Waals surface area contributed by atoms with Crippen molar-refractivity contribution in [2.75, 3.05) is 0 Å². The van der Waals surface area contributed by atoms with E-state index in [0.29, 0.717) is 6.29 Å². The van der Waals surface area contributed by atoms with Gasteiger partial charge in [0.15, 0.2) is 6.29 Å². The van der Waals surface area contributed by atoms with Gasteiger partial charge in [0, 0.05) is 0 Å². The van der Waals surface area contributed by atoms with Crippen molar-refractivity contribution in [2.45, 2.75) is 9.10 Å². The van der Waals surface area contributed by atoms with E-state index >= 15 is 0 Å². The average molecular weight is 296 g/mol. The lowest BCUT2D eigenvalue weighted by atomic mass is 10.2. The molecule has 5 nitrogen and oxygen atoms in total. The molecule has 2 aromatic rings. The molecule has 0 aliphatic rings. The summed E-state index contributed by atoms with van der Waals surface area (Å²) >= 11 is 0.806. The van der Waals surface area contributed by atoms with Gasteiger partial charge in [-0.05, 0) is 24.3 Å². The number of hydrogen-bond acceptors (Lipinski definition) is 5. The van der Waals surface area contributed by atoms with E-state index in [1.54, 1.807) is 0 Å². The maximum absolute atomic E-state index is 12.3. The maximum atomic E-state index is 12.3. The summed E-state index contributed by atoms with van der Waals surface area (Å²) in [7, 11) is -3.93. The van der Waals surface area contributed by atoms with Gasteiger partial charge in [-0.15, -0.1) is 11.3 Å². The number of aromatic carboxylic acids is 1. The Morgan fingerprint density at radius 3 is 2.42 bits per heavy atom. The van der Waals surface area contributed by atoms with Crippen molar-refractivity contribution >= 4 is 33.4 Å². The number of sulfone groups is 1. The molecule has 0 saturated carbocycles. The van der Waals surface area contributed by atoms with E-state index in [4.69, 9.17) is 5.11 Å². The Bertz CT molecular complexity index is 743. The summed E-state index contributed by atoms with van der Waals surface area (Å²) < 4.78 is 24.6. The molecular weight excluding hydrogens is 288 g/mol. The predicted octanol–water partition coefficient (Wildman–Crippen LogP) is 2.09. The van der Waals surface area contributed by atoms with Crippen LogP contribution in [0.1, 0.15) is 20.0 Å². The number of carbonyl (C=O) groups excluding carboxylic acids is 1. The first-order valence-corrected chi connectivity index (χ1v) is 7.39. The van der Waals surface area contributed by atoms with Crippen LogP contribution >= 0.6 is 11.3 Å². The molecule has 2 rings (SSSR count). The van der Waals surface area contributed by atoms with Crippen LogP contribution in [0.25, 0.3) is 0 Å². The number of hydrogen-bond donors (Lipinski definition) is 1. The van der Waals surface area contributed by atoms with Crippen molar-refractivity contribution in [3.8, 4) is 0 Å². The summed E-state index contributed by atoms with van der Waals surface area (Å²) in [6, 6.07) is 8.04. The third-order valence-corrected chi connectivity index (χ3v) is 5.70. The van der Waals surface area contributed by atoms with Crippen LogP contribution in [0.4, 0.5) is 0 Å². The molecule has 0 unspecified atom stereocenters. The minimum absolute atomic E-state index is 0.0525. The summed E-state index contributed by atoms with van der Waals surface area (Å²) in [6.07, 6.45) is 0.548. The van der Waals surface area contributed by atoms with Crippen LogP contribution in [0.3, 0.4) is 0 Å². The summed E-state index contributed by atoms with van der Waals surface area (Å²) in [5, 5.41) is 9.01. The molecule has 0 radical (unpaired) electrons. The van der Waals surface area contributed by atoms with Crippen molar-refractivity contribution in [1.29, 1.82) is 0 Å². The van der Waals surface area contributed by atoms with Crippen molar-refractivity contribution in [1.82, 2.24) is 0 Å². The second-order valence-electron chi connectivity index (χ2n) is 3.58. The Morgan fingerprint density at radius 1 is 1.16 bits per heavy atom. The van der Waals surface area contributed by atoms with E-state index in [0.717, 1.165) is 11.3 Å². The van der Waals surface area contributed by atoms with Crippen LogP contribution in [0.2, 0.25) is 0 Å². The number of carbonyl (C=O) groups is 2. The predicted molar refractivity (Wildman–Crippen MR) is 68.6 cm³/mol. The first-order chi connectivity index (χ1) is 8.96. The number of thiophene rings is 1. The molecule has 0 amide bonds. The second kappa shape index (κ2) is 4.94. The lowest BCUT2D eigenvalue weighted by Crippen LogP contribution is -2.08. The quantitative estimate of drug-likeness (QED) is 0.873. The highest BCUT2D eigenvalue weighted by Crippen LogP contribution is 2.29. The van der Waals surface area contributed by atoms with Crippen LogP contribution in [0.15, 0.2) is 45.5 Å². The van der Waals surface area contributed by atoms with Gasteiger partial charge in [0.2, 0.25) is 9.84 Å². The fourth-order valence-corrected chi connectivity index (χ4v) is 4.24. The van der Waals surface area contributed by atoms with Gasteiger partial charge in [0.25, 0.3) is 0 Å². The molecule has 0 bridgehead atoms. The van der Waals surface area contributed by atoms with E-state index in [9.17, 15) is 18.0 Å². The SMILES string of the molecule is O=Cc1ccc(S(=O)(=O)c2ccccc2C(=O)O)s1. The van der Waals surface area contributed by atoms with Crippen LogP contribution in [-0.2, 0) is 9.84 Å². The van der Waals surface area contributed by atoms with E-state index < -0.39 is 15.8 Å².